The van der Waals surface area contributed by atoms with Gasteiger partial charge in [0.25, 0.3) is 0 Å². The summed E-state index contributed by atoms with van der Waals surface area (Å²) in [5.41, 5.74) is 0.0338. The first-order valence-corrected chi connectivity index (χ1v) is 6.22. The number of benzene rings is 1. The Morgan fingerprint density at radius 3 is 2.33 bits per heavy atom. The van der Waals surface area contributed by atoms with Crippen LogP contribution in [0.3, 0.4) is 0 Å². The monoisotopic (exact) mass is 253 g/mol. The molecule has 1 aliphatic rings. The van der Waals surface area contributed by atoms with Crippen molar-refractivity contribution in [3.05, 3.63) is 29.3 Å². The molecule has 2 nitrogen and oxygen atoms in total. The fraction of sp³-hybridized carbons (Fsp3) is 0.500. The number of halogens is 2. The first-order valence-electron chi connectivity index (χ1n) is 6.22. The van der Waals surface area contributed by atoms with Crippen molar-refractivity contribution in [2.45, 2.75) is 20.3 Å². The fourth-order valence-corrected chi connectivity index (χ4v) is 2.42. The molecule has 0 aliphatic carbocycles. The molecule has 0 aromatic heterocycles. The van der Waals surface area contributed by atoms with Gasteiger partial charge in [0.2, 0.25) is 0 Å². The van der Waals surface area contributed by atoms with Crippen LogP contribution in [0.15, 0.2) is 12.1 Å². The van der Waals surface area contributed by atoms with Crippen molar-refractivity contribution in [2.24, 2.45) is 11.8 Å². The van der Waals surface area contributed by atoms with Gasteiger partial charge >= 0.3 is 0 Å². The molecule has 0 N–H and O–H groups in total. The van der Waals surface area contributed by atoms with Gasteiger partial charge in [0.05, 0.1) is 0 Å². The van der Waals surface area contributed by atoms with E-state index in [4.69, 9.17) is 0 Å². The zero-order chi connectivity index (χ0) is 13.3. The van der Waals surface area contributed by atoms with Gasteiger partial charge in [-0.25, -0.2) is 8.78 Å². The second-order valence-corrected chi connectivity index (χ2v) is 5.14. The molecule has 0 bridgehead atoms. The summed E-state index contributed by atoms with van der Waals surface area (Å²) in [6, 6.07) is 2.18. The SMILES string of the molecule is CC1CCN(c2c(F)cc(C=O)cc2F)CC1C. The number of nitrogens with zero attached hydrogens (tertiary/aromatic N) is 1. The molecule has 1 heterocycles. The van der Waals surface area contributed by atoms with Crippen LogP contribution in [-0.2, 0) is 0 Å². The van der Waals surface area contributed by atoms with Gasteiger partial charge in [0.15, 0.2) is 0 Å². The van der Waals surface area contributed by atoms with Gasteiger partial charge in [-0.1, -0.05) is 13.8 Å². The Bertz CT molecular complexity index is 438. The minimum absolute atomic E-state index is 0.000602. The first-order chi connectivity index (χ1) is 8.52. The van der Waals surface area contributed by atoms with E-state index >= 15 is 0 Å². The van der Waals surface area contributed by atoms with Gasteiger partial charge < -0.3 is 4.90 Å². The van der Waals surface area contributed by atoms with Gasteiger partial charge in [0.1, 0.15) is 23.6 Å². The quantitative estimate of drug-likeness (QED) is 0.754. The Labute approximate surface area is 106 Å². The van der Waals surface area contributed by atoms with Crippen LogP contribution in [0, 0.1) is 23.5 Å². The molecule has 0 amide bonds. The molecule has 2 rings (SSSR count). The van der Waals surface area contributed by atoms with E-state index in [1.165, 1.54) is 0 Å². The third kappa shape index (κ3) is 2.37. The van der Waals surface area contributed by atoms with Crippen molar-refractivity contribution in [1.82, 2.24) is 0 Å². The van der Waals surface area contributed by atoms with E-state index in [2.05, 4.69) is 13.8 Å². The molecule has 1 aromatic rings. The molecular weight excluding hydrogens is 236 g/mol. The zero-order valence-corrected chi connectivity index (χ0v) is 10.6. The van der Waals surface area contributed by atoms with Gasteiger partial charge in [0, 0.05) is 18.7 Å². The third-order valence-electron chi connectivity index (χ3n) is 3.83. The van der Waals surface area contributed by atoms with Crippen LogP contribution in [0.1, 0.15) is 30.6 Å². The standard InChI is InChI=1S/C14H17F2NO/c1-9-3-4-17(7-10(9)2)14-12(15)5-11(8-18)6-13(14)16/h5-6,8-10H,3-4,7H2,1-2H3. The number of carbonyl (C=O) groups is 1. The van der Waals surface area contributed by atoms with Gasteiger partial charge in [-0.05, 0) is 30.4 Å². The summed E-state index contributed by atoms with van der Waals surface area (Å²) in [4.78, 5) is 12.3. The van der Waals surface area contributed by atoms with Crippen LogP contribution in [0.4, 0.5) is 14.5 Å². The maximum Gasteiger partial charge on any atom is 0.150 e. The lowest BCUT2D eigenvalue weighted by atomic mass is 9.88. The van der Waals surface area contributed by atoms with Crippen molar-refractivity contribution in [3.63, 3.8) is 0 Å². The van der Waals surface area contributed by atoms with Crippen molar-refractivity contribution in [3.8, 4) is 0 Å². The van der Waals surface area contributed by atoms with E-state index < -0.39 is 11.6 Å². The Morgan fingerprint density at radius 1 is 1.22 bits per heavy atom. The van der Waals surface area contributed by atoms with Crippen LogP contribution in [0.2, 0.25) is 0 Å². The normalized spacial score (nSPS) is 24.1. The maximum absolute atomic E-state index is 13.9. The third-order valence-corrected chi connectivity index (χ3v) is 3.83. The molecule has 1 saturated heterocycles. The lowest BCUT2D eigenvalue weighted by molar-refractivity contribution is 0.112. The van der Waals surface area contributed by atoms with E-state index in [1.807, 2.05) is 0 Å². The number of hydrogen-bond donors (Lipinski definition) is 0. The number of aldehydes is 1. The van der Waals surface area contributed by atoms with Crippen LogP contribution >= 0.6 is 0 Å². The molecule has 98 valence electrons. The summed E-state index contributed by atoms with van der Waals surface area (Å²) in [6.45, 7) is 5.55. The maximum atomic E-state index is 13.9. The summed E-state index contributed by atoms with van der Waals surface area (Å²) < 4.78 is 27.7. The summed E-state index contributed by atoms with van der Waals surface area (Å²) in [5.74, 6) is -0.331. The Morgan fingerprint density at radius 2 is 1.83 bits per heavy atom. The largest absolute Gasteiger partial charge is 0.367 e. The minimum Gasteiger partial charge on any atom is -0.367 e. The molecule has 4 heteroatoms. The predicted molar refractivity (Wildman–Crippen MR) is 66.9 cm³/mol. The number of carbonyl (C=O) groups excluding carboxylic acids is 1. The van der Waals surface area contributed by atoms with Crippen molar-refractivity contribution < 1.29 is 13.6 Å². The Kier molecular flexibility index (Phi) is 3.64. The first kappa shape index (κ1) is 13.0. The van der Waals surface area contributed by atoms with E-state index in [9.17, 15) is 13.6 Å². The predicted octanol–water partition coefficient (Wildman–Crippen LogP) is 3.26. The molecule has 0 spiro atoms. The summed E-state index contributed by atoms with van der Waals surface area (Å²) in [6.07, 6.45) is 1.38. The Hall–Kier alpha value is -1.45. The highest BCUT2D eigenvalue weighted by atomic mass is 19.1. The second-order valence-electron chi connectivity index (χ2n) is 5.14. The van der Waals surface area contributed by atoms with E-state index in [0.717, 1.165) is 18.6 Å². The van der Waals surface area contributed by atoms with Gasteiger partial charge in [-0.2, -0.15) is 0 Å². The highest BCUT2D eigenvalue weighted by Gasteiger charge is 2.26. The number of hydrogen-bond acceptors (Lipinski definition) is 2. The summed E-state index contributed by atoms with van der Waals surface area (Å²) in [7, 11) is 0. The minimum atomic E-state index is -0.654. The molecule has 2 atom stereocenters. The van der Waals surface area contributed by atoms with Crippen LogP contribution in [0.5, 0.6) is 0 Å². The molecule has 1 fully saturated rings. The van der Waals surface area contributed by atoms with Crippen LogP contribution < -0.4 is 4.90 Å². The van der Waals surface area contributed by atoms with Gasteiger partial charge in [-0.15, -0.1) is 0 Å². The molecular formula is C14H17F2NO. The number of rotatable bonds is 2. The lowest BCUT2D eigenvalue weighted by Crippen LogP contribution is -2.39. The average molecular weight is 253 g/mol. The summed E-state index contributed by atoms with van der Waals surface area (Å²) in [5, 5.41) is 0. The second kappa shape index (κ2) is 5.04. The zero-order valence-electron chi connectivity index (χ0n) is 10.6. The molecule has 0 radical (unpaired) electrons. The molecule has 1 aliphatic heterocycles. The topological polar surface area (TPSA) is 20.3 Å². The number of anilines is 1. The van der Waals surface area contributed by atoms with E-state index in [1.54, 1.807) is 4.90 Å². The fourth-order valence-electron chi connectivity index (χ4n) is 2.42. The smallest absolute Gasteiger partial charge is 0.150 e. The van der Waals surface area contributed by atoms with Crippen LogP contribution in [0.25, 0.3) is 0 Å². The lowest BCUT2D eigenvalue weighted by Gasteiger charge is -2.37. The van der Waals surface area contributed by atoms with Crippen molar-refractivity contribution >= 4 is 12.0 Å². The molecule has 0 saturated carbocycles. The highest BCUT2D eigenvalue weighted by Crippen LogP contribution is 2.31. The van der Waals surface area contributed by atoms with E-state index in [0.29, 0.717) is 31.2 Å². The molecule has 2 unspecified atom stereocenters. The molecule has 18 heavy (non-hydrogen) atoms. The van der Waals surface area contributed by atoms with E-state index in [-0.39, 0.29) is 11.3 Å². The van der Waals surface area contributed by atoms with Crippen molar-refractivity contribution in [1.29, 1.82) is 0 Å². The number of piperidine rings is 1. The highest BCUT2D eigenvalue weighted by molar-refractivity contribution is 5.76. The molecule has 1 aromatic carbocycles. The average Bonchev–Trinajstić information content (AvgIpc) is 2.32. The van der Waals surface area contributed by atoms with Crippen LogP contribution in [-0.4, -0.2) is 19.4 Å². The Balaban J connectivity index is 2.31. The summed E-state index contributed by atoms with van der Waals surface area (Å²) >= 11 is 0. The van der Waals surface area contributed by atoms with Gasteiger partial charge in [-0.3, -0.25) is 4.79 Å². The van der Waals surface area contributed by atoms with Crippen molar-refractivity contribution in [2.75, 3.05) is 18.0 Å².